The van der Waals surface area contributed by atoms with Gasteiger partial charge in [0.1, 0.15) is 6.29 Å². The highest BCUT2D eigenvalue weighted by atomic mass is 19.4. The molecule has 3 nitrogen and oxygen atoms in total. The van der Waals surface area contributed by atoms with Crippen LogP contribution in [-0.4, -0.2) is 17.4 Å². The summed E-state index contributed by atoms with van der Waals surface area (Å²) >= 11 is 0. The largest absolute Gasteiger partial charge is 0.478 e. The lowest BCUT2D eigenvalue weighted by atomic mass is 10.0. The van der Waals surface area contributed by atoms with E-state index in [-0.39, 0.29) is 11.8 Å². The van der Waals surface area contributed by atoms with Crippen molar-refractivity contribution < 1.29 is 27.9 Å². The fourth-order valence-corrected chi connectivity index (χ4v) is 1.06. The zero-order valence-electron chi connectivity index (χ0n) is 7.21. The van der Waals surface area contributed by atoms with Crippen LogP contribution in [0.25, 0.3) is 0 Å². The van der Waals surface area contributed by atoms with Crippen LogP contribution in [0.5, 0.6) is 0 Å². The minimum atomic E-state index is -4.78. The van der Waals surface area contributed by atoms with Crippen LogP contribution in [0.4, 0.5) is 13.2 Å². The molecule has 6 heteroatoms. The summed E-state index contributed by atoms with van der Waals surface area (Å²) in [6, 6.07) is 2.29. The predicted octanol–water partition coefficient (Wildman–Crippen LogP) is 2.22. The molecule has 0 fully saturated rings. The molecular formula is C9H5F3O3. The average Bonchev–Trinajstić information content (AvgIpc) is 2.15. The summed E-state index contributed by atoms with van der Waals surface area (Å²) in [6.07, 6.45) is -4.56. The Bertz CT molecular complexity index is 410. The third-order valence-electron chi connectivity index (χ3n) is 1.72. The number of carbonyl (C=O) groups excluding carboxylic acids is 1. The number of aldehydes is 1. The fourth-order valence-electron chi connectivity index (χ4n) is 1.06. The van der Waals surface area contributed by atoms with Gasteiger partial charge in [-0.15, -0.1) is 0 Å². The van der Waals surface area contributed by atoms with Gasteiger partial charge in [0.15, 0.2) is 0 Å². The van der Waals surface area contributed by atoms with Gasteiger partial charge in [0, 0.05) is 5.56 Å². The number of carboxylic acid groups (broad SMARTS) is 1. The van der Waals surface area contributed by atoms with Crippen LogP contribution < -0.4 is 0 Å². The number of carbonyl (C=O) groups is 2. The van der Waals surface area contributed by atoms with Gasteiger partial charge in [-0.25, -0.2) is 4.79 Å². The second-order valence-corrected chi connectivity index (χ2v) is 2.73. The number of alkyl halides is 3. The molecule has 0 bridgehead atoms. The molecule has 0 unspecified atom stereocenters. The zero-order chi connectivity index (χ0) is 11.6. The van der Waals surface area contributed by atoms with Gasteiger partial charge in [0.25, 0.3) is 0 Å². The average molecular weight is 218 g/mol. The Morgan fingerprint density at radius 1 is 1.33 bits per heavy atom. The minimum Gasteiger partial charge on any atom is -0.478 e. The number of aromatic carboxylic acids is 1. The molecule has 0 amide bonds. The molecule has 15 heavy (non-hydrogen) atoms. The number of rotatable bonds is 2. The Hall–Kier alpha value is -1.85. The standard InChI is InChI=1S/C9H5F3O3/c10-9(11,12)7-3-5(4-13)1-2-6(7)8(14)15/h1-4H,(H,14,15). The number of hydrogen-bond donors (Lipinski definition) is 1. The van der Waals surface area contributed by atoms with E-state index in [4.69, 9.17) is 5.11 Å². The first-order chi connectivity index (χ1) is 6.86. The van der Waals surface area contributed by atoms with Crippen LogP contribution in [0.1, 0.15) is 26.3 Å². The van der Waals surface area contributed by atoms with Crippen LogP contribution in [0.3, 0.4) is 0 Å². The van der Waals surface area contributed by atoms with E-state index in [1.165, 1.54) is 0 Å². The van der Waals surface area contributed by atoms with E-state index in [2.05, 4.69) is 0 Å². The summed E-state index contributed by atoms with van der Waals surface area (Å²) in [7, 11) is 0. The van der Waals surface area contributed by atoms with E-state index in [1.807, 2.05) is 0 Å². The molecule has 0 aliphatic carbocycles. The van der Waals surface area contributed by atoms with Gasteiger partial charge >= 0.3 is 12.1 Å². The number of carboxylic acids is 1. The molecular weight excluding hydrogens is 213 g/mol. The van der Waals surface area contributed by atoms with Gasteiger partial charge in [-0.05, 0) is 12.1 Å². The Labute approximate surface area is 82.1 Å². The summed E-state index contributed by atoms with van der Waals surface area (Å²) in [5.74, 6) is -1.68. The van der Waals surface area contributed by atoms with Crippen LogP contribution >= 0.6 is 0 Å². The number of benzene rings is 1. The summed E-state index contributed by atoms with van der Waals surface area (Å²) in [4.78, 5) is 20.7. The van der Waals surface area contributed by atoms with Gasteiger partial charge < -0.3 is 5.11 Å². The van der Waals surface area contributed by atoms with Crippen molar-refractivity contribution in [2.45, 2.75) is 6.18 Å². The molecule has 0 radical (unpaired) electrons. The Morgan fingerprint density at radius 2 is 1.93 bits per heavy atom. The second-order valence-electron chi connectivity index (χ2n) is 2.73. The van der Waals surface area contributed by atoms with Crippen molar-refractivity contribution in [2.24, 2.45) is 0 Å². The molecule has 1 aromatic rings. The molecule has 1 N–H and O–H groups in total. The summed E-state index contributed by atoms with van der Waals surface area (Å²) in [6.45, 7) is 0. The zero-order valence-corrected chi connectivity index (χ0v) is 7.21. The van der Waals surface area contributed by atoms with E-state index in [0.717, 1.165) is 12.1 Å². The molecule has 0 heterocycles. The maximum absolute atomic E-state index is 12.3. The summed E-state index contributed by atoms with van der Waals surface area (Å²) < 4.78 is 37.0. The Morgan fingerprint density at radius 3 is 2.33 bits per heavy atom. The SMILES string of the molecule is O=Cc1ccc(C(=O)O)c(C(F)(F)F)c1. The third-order valence-corrected chi connectivity index (χ3v) is 1.72. The normalized spacial score (nSPS) is 11.1. The summed E-state index contributed by atoms with van der Waals surface area (Å²) in [5, 5.41) is 8.50. The van der Waals surface area contributed by atoms with Crippen molar-refractivity contribution in [1.29, 1.82) is 0 Å². The van der Waals surface area contributed by atoms with Gasteiger partial charge in [-0.2, -0.15) is 13.2 Å². The van der Waals surface area contributed by atoms with Crippen molar-refractivity contribution in [1.82, 2.24) is 0 Å². The first-order valence-corrected chi connectivity index (χ1v) is 3.76. The molecule has 0 spiro atoms. The maximum Gasteiger partial charge on any atom is 0.417 e. The molecule has 0 saturated carbocycles. The van der Waals surface area contributed by atoms with Gasteiger partial charge in [0.05, 0.1) is 11.1 Å². The highest BCUT2D eigenvalue weighted by Gasteiger charge is 2.35. The molecule has 0 aromatic heterocycles. The monoisotopic (exact) mass is 218 g/mol. The second kappa shape index (κ2) is 3.72. The van der Waals surface area contributed by atoms with Crippen molar-refractivity contribution >= 4 is 12.3 Å². The van der Waals surface area contributed by atoms with Gasteiger partial charge in [-0.3, -0.25) is 4.79 Å². The quantitative estimate of drug-likeness (QED) is 0.774. The van der Waals surface area contributed by atoms with E-state index in [9.17, 15) is 22.8 Å². The maximum atomic E-state index is 12.3. The lowest BCUT2D eigenvalue weighted by Crippen LogP contribution is -2.13. The fraction of sp³-hybridized carbons (Fsp3) is 0.111. The minimum absolute atomic E-state index is 0.215. The van der Waals surface area contributed by atoms with Crippen molar-refractivity contribution in [2.75, 3.05) is 0 Å². The Balaban J connectivity index is 3.42. The lowest BCUT2D eigenvalue weighted by molar-refractivity contribution is -0.138. The number of halogens is 3. The first-order valence-electron chi connectivity index (χ1n) is 3.76. The Kier molecular flexibility index (Phi) is 2.78. The number of hydrogen-bond acceptors (Lipinski definition) is 2. The molecule has 0 atom stereocenters. The first kappa shape index (κ1) is 11.2. The molecule has 1 aromatic carbocycles. The van der Waals surface area contributed by atoms with E-state index in [1.54, 1.807) is 0 Å². The van der Waals surface area contributed by atoms with Crippen LogP contribution in [0.15, 0.2) is 18.2 Å². The molecule has 0 saturated heterocycles. The van der Waals surface area contributed by atoms with E-state index < -0.39 is 23.3 Å². The molecule has 80 valence electrons. The van der Waals surface area contributed by atoms with Crippen molar-refractivity contribution in [3.8, 4) is 0 Å². The van der Waals surface area contributed by atoms with Crippen LogP contribution in [-0.2, 0) is 6.18 Å². The smallest absolute Gasteiger partial charge is 0.417 e. The van der Waals surface area contributed by atoms with Gasteiger partial charge in [-0.1, -0.05) is 6.07 Å². The van der Waals surface area contributed by atoms with Gasteiger partial charge in [0.2, 0.25) is 0 Å². The molecule has 0 aliphatic heterocycles. The lowest BCUT2D eigenvalue weighted by Gasteiger charge is -2.10. The van der Waals surface area contributed by atoms with Crippen molar-refractivity contribution in [3.63, 3.8) is 0 Å². The van der Waals surface area contributed by atoms with E-state index >= 15 is 0 Å². The third kappa shape index (κ3) is 2.34. The highest BCUT2D eigenvalue weighted by Crippen LogP contribution is 2.32. The molecule has 1 rings (SSSR count). The summed E-state index contributed by atoms with van der Waals surface area (Å²) in [5.41, 5.74) is -2.40. The predicted molar refractivity (Wildman–Crippen MR) is 43.8 cm³/mol. The topological polar surface area (TPSA) is 54.4 Å². The van der Waals surface area contributed by atoms with E-state index in [0.29, 0.717) is 6.07 Å². The van der Waals surface area contributed by atoms with Crippen LogP contribution in [0.2, 0.25) is 0 Å². The van der Waals surface area contributed by atoms with Crippen LogP contribution in [0, 0.1) is 0 Å². The molecule has 0 aliphatic rings. The highest BCUT2D eigenvalue weighted by molar-refractivity contribution is 5.91. The van der Waals surface area contributed by atoms with Crippen molar-refractivity contribution in [3.05, 3.63) is 34.9 Å².